The van der Waals surface area contributed by atoms with Crippen molar-refractivity contribution in [2.24, 2.45) is 0 Å². The van der Waals surface area contributed by atoms with E-state index in [0.717, 1.165) is 22.5 Å². The van der Waals surface area contributed by atoms with Gasteiger partial charge < -0.3 is 0 Å². The van der Waals surface area contributed by atoms with E-state index in [-0.39, 0.29) is 5.97 Å². The second-order valence-electron chi connectivity index (χ2n) is 2.35. The second kappa shape index (κ2) is 17.6. The molecule has 0 aromatic rings. The Bertz CT molecular complexity index is 305. The van der Waals surface area contributed by atoms with Crippen LogP contribution in [0.5, 0.6) is 0 Å². The third-order valence-corrected chi connectivity index (χ3v) is 2.12. The molecule has 6 heteroatoms. The summed E-state index contributed by atoms with van der Waals surface area (Å²) in [6.07, 6.45) is 6.01. The number of rotatable bonds is 3. The van der Waals surface area contributed by atoms with Crippen LogP contribution in [0, 0.1) is 0 Å². The summed E-state index contributed by atoms with van der Waals surface area (Å²) >= 11 is 3.38. The van der Waals surface area contributed by atoms with Crippen LogP contribution in [0.1, 0.15) is 6.42 Å². The van der Waals surface area contributed by atoms with Crippen molar-refractivity contribution in [2.45, 2.75) is 6.42 Å². The van der Waals surface area contributed by atoms with E-state index in [0.29, 0.717) is 6.61 Å². The first kappa shape index (κ1) is 21.5. The van der Waals surface area contributed by atoms with E-state index >= 15 is 0 Å². The van der Waals surface area contributed by atoms with E-state index in [1.165, 1.54) is 0 Å². The van der Waals surface area contributed by atoms with Gasteiger partial charge >= 0.3 is 79.4 Å². The topological polar surface area (TPSA) is 77.5 Å². The van der Waals surface area contributed by atoms with Crippen molar-refractivity contribution in [3.05, 3.63) is 34.9 Å². The molecule has 1 aliphatic carbocycles. The first-order chi connectivity index (χ1) is 8.74. The minimum absolute atomic E-state index is 0.321. The van der Waals surface area contributed by atoms with Crippen LogP contribution >= 0.6 is 0 Å². The summed E-state index contributed by atoms with van der Waals surface area (Å²) in [5, 5.41) is 0. The van der Waals surface area contributed by atoms with Crippen molar-refractivity contribution in [1.82, 2.24) is 0 Å². The molecule has 0 atom stereocenters. The maximum absolute atomic E-state index is 10.7. The van der Waals surface area contributed by atoms with Crippen molar-refractivity contribution in [2.75, 3.05) is 6.61 Å². The largest absolute Gasteiger partial charge is 0.281 e. The predicted molar refractivity (Wildman–Crippen MR) is 59.0 cm³/mol. The molecule has 0 amide bonds. The average molecular weight is 288 g/mol. The van der Waals surface area contributed by atoms with Crippen molar-refractivity contribution in [3.63, 3.8) is 0 Å². The molecule has 0 aliphatic heterocycles. The Kier molecular flexibility index (Phi) is 21.0. The number of ether oxygens (including phenoxy) is 1. The molecule has 0 saturated carbocycles. The van der Waals surface area contributed by atoms with E-state index < -0.39 is 0 Å². The Balaban J connectivity index is -0.000000328. The summed E-state index contributed by atoms with van der Waals surface area (Å²) in [5.74, 6) is -0.386. The van der Waals surface area contributed by atoms with E-state index in [9.17, 15) is 4.79 Å². The number of allylic oxidation sites excluding steroid dienone is 2. The summed E-state index contributed by atoms with van der Waals surface area (Å²) in [7, 11) is 0. The van der Waals surface area contributed by atoms with Crippen molar-refractivity contribution < 1.29 is 39.9 Å². The molecule has 0 fully saturated rings. The van der Waals surface area contributed by atoms with Gasteiger partial charge in [0, 0.05) is 0 Å². The van der Waals surface area contributed by atoms with Crippen LogP contribution in [-0.4, -0.2) is 32.9 Å². The summed E-state index contributed by atoms with van der Waals surface area (Å²) < 4.78 is 5.93. The molecule has 5 nitrogen and oxygen atoms in total. The van der Waals surface area contributed by atoms with Gasteiger partial charge in [-0.2, -0.15) is 0 Å². The van der Waals surface area contributed by atoms with Crippen LogP contribution < -0.4 is 0 Å². The zero-order valence-electron chi connectivity index (χ0n) is 9.27. The van der Waals surface area contributed by atoms with Gasteiger partial charge in [-0.25, -0.2) is 0 Å². The van der Waals surface area contributed by atoms with Gasteiger partial charge in [0.25, 0.3) is 20.4 Å². The molecule has 0 aromatic carbocycles. The summed E-state index contributed by atoms with van der Waals surface area (Å²) in [6.45, 7) is 17.1. The van der Waals surface area contributed by atoms with Gasteiger partial charge in [-0.3, -0.25) is 14.4 Å². The fourth-order valence-corrected chi connectivity index (χ4v) is 1.18. The van der Waals surface area contributed by atoms with Gasteiger partial charge in [0.05, 0.1) is 0 Å². The predicted octanol–water partition coefficient (Wildman–Crippen LogP) is 0.285. The van der Waals surface area contributed by atoms with E-state index in [1.807, 2.05) is 12.2 Å². The molecule has 0 unspecified atom stereocenters. The molecule has 0 saturated heterocycles. The second-order valence-corrected chi connectivity index (χ2v) is 3.06. The summed E-state index contributed by atoms with van der Waals surface area (Å²) in [6, 6.07) is 0. The Morgan fingerprint density at radius 1 is 1.33 bits per heavy atom. The van der Waals surface area contributed by atoms with Gasteiger partial charge in [0.2, 0.25) is 0 Å². The van der Waals surface area contributed by atoms with Crippen molar-refractivity contribution in [3.8, 4) is 0 Å². The van der Waals surface area contributed by atoms with E-state index in [4.69, 9.17) is 19.1 Å². The summed E-state index contributed by atoms with van der Waals surface area (Å²) in [4.78, 5) is 33.2. The van der Waals surface area contributed by atoms with Crippen LogP contribution in [0.3, 0.4) is 0 Å². The first-order valence-electron chi connectivity index (χ1n) is 4.18. The number of hydrogen-bond donors (Lipinski definition) is 0. The molecule has 0 heterocycles. The van der Waals surface area contributed by atoms with Crippen LogP contribution in [0.4, 0.5) is 0 Å². The zero-order chi connectivity index (χ0) is 15.0. The van der Waals surface area contributed by atoms with Gasteiger partial charge in [-0.05, 0) is 0 Å². The molecule has 94 valence electrons. The number of carbonyl (C=O) groups is 1. The molecule has 0 aromatic heterocycles. The Morgan fingerprint density at radius 3 is 2.17 bits per heavy atom. The Hall–Kier alpha value is -1.78. The van der Waals surface area contributed by atoms with E-state index in [1.54, 1.807) is 0 Å². The third kappa shape index (κ3) is 10.7. The van der Waals surface area contributed by atoms with Crippen LogP contribution in [-0.2, 0) is 39.9 Å². The molecular weight excluding hydrogens is 279 g/mol. The maximum Gasteiger partial charge on any atom is 0.281 e. The average Bonchev–Trinajstić information content (AvgIpc) is 2.88. The monoisotopic (exact) mass is 288 g/mol. The smallest absolute Gasteiger partial charge is 0.281 e. The number of carbonyl (C=O) groups excluding carboxylic acids is 4. The van der Waals surface area contributed by atoms with E-state index in [2.05, 4.69) is 43.0 Å². The summed E-state index contributed by atoms with van der Waals surface area (Å²) in [5.41, 5.74) is 1.02. The maximum atomic E-state index is 10.7. The molecule has 0 N–H and O–H groups in total. The minimum Gasteiger partial charge on any atom is -0.281 e. The van der Waals surface area contributed by atoms with Crippen LogP contribution in [0.2, 0.25) is 0 Å². The van der Waals surface area contributed by atoms with Crippen LogP contribution in [0.25, 0.3) is 0 Å². The van der Waals surface area contributed by atoms with Crippen molar-refractivity contribution >= 4 is 26.3 Å². The van der Waals surface area contributed by atoms with Crippen LogP contribution in [0.15, 0.2) is 34.9 Å². The molecule has 0 bridgehead atoms. The first-order valence-corrected chi connectivity index (χ1v) is 4.77. The zero-order valence-corrected chi connectivity index (χ0v) is 10.5. The molecule has 0 spiro atoms. The number of esters is 1. The Morgan fingerprint density at radius 2 is 1.83 bits per heavy atom. The molecule has 18 heavy (non-hydrogen) atoms. The quantitative estimate of drug-likeness (QED) is 0.423. The third-order valence-electron chi connectivity index (χ3n) is 1.50. The number of hydrogen-bond acceptors (Lipinski definition) is 5. The normalized spacial score (nSPS) is 10.7. The molecule has 1 aliphatic rings. The molecule has 6 radical (unpaired) electrons. The minimum atomic E-state index is -0.386. The van der Waals surface area contributed by atoms with Crippen molar-refractivity contribution in [1.29, 1.82) is 0 Å². The van der Waals surface area contributed by atoms with Gasteiger partial charge in [0.15, 0.2) is 0 Å². The fraction of sp³-hybridized carbons (Fsp3) is 0.167. The van der Waals surface area contributed by atoms with Gasteiger partial charge in [-0.15, -0.1) is 0 Å². The van der Waals surface area contributed by atoms with Gasteiger partial charge in [0.1, 0.15) is 0 Å². The standard InChI is InChI=1S/C9H9O2.3CO.Mn/c1-2-9(10)11-7-8-5-3-4-6-8;3*1-2;/h2-3,5H,1,4,7H2;;;;. The SMILES string of the molecule is C=CC(=O)OCC1=[C]([Mn])CC=C1.[C]=O.[C]=O.[C]=O. The Labute approximate surface area is 114 Å². The molecular formula is C12H9MnO5. The molecule has 1 rings (SSSR count). The van der Waals surface area contributed by atoms with Gasteiger partial charge in [-0.1, -0.05) is 0 Å². The fourth-order valence-electron chi connectivity index (χ4n) is 0.860.